The average Bonchev–Trinajstić information content (AvgIpc) is 2.89. The van der Waals surface area contributed by atoms with E-state index < -0.39 is 0 Å². The van der Waals surface area contributed by atoms with Crippen LogP contribution in [0.25, 0.3) is 0 Å². The molecule has 0 radical (unpaired) electrons. The SMILES string of the molecule is O=C(CSC1NC2CCCCC2S1)NC1CCCCC1. The summed E-state index contributed by atoms with van der Waals surface area (Å²) in [6.45, 7) is 0. The fraction of sp³-hybridized carbons (Fsp3) is 0.933. The van der Waals surface area contributed by atoms with Crippen LogP contribution in [0.5, 0.6) is 0 Å². The van der Waals surface area contributed by atoms with E-state index in [0.717, 1.165) is 5.25 Å². The van der Waals surface area contributed by atoms with Crippen LogP contribution in [0.15, 0.2) is 0 Å². The zero-order valence-corrected chi connectivity index (χ0v) is 13.7. The van der Waals surface area contributed by atoms with Crippen molar-refractivity contribution in [1.29, 1.82) is 0 Å². The first-order chi connectivity index (χ1) is 9.81. The molecule has 2 N–H and O–H groups in total. The van der Waals surface area contributed by atoms with Crippen LogP contribution in [0.1, 0.15) is 57.8 Å². The highest BCUT2D eigenvalue weighted by molar-refractivity contribution is 8.17. The van der Waals surface area contributed by atoms with Gasteiger partial charge in [0.05, 0.1) is 5.75 Å². The second-order valence-corrected chi connectivity index (χ2v) is 9.02. The van der Waals surface area contributed by atoms with Crippen LogP contribution in [0.4, 0.5) is 0 Å². The molecule has 3 unspecified atom stereocenters. The highest BCUT2D eigenvalue weighted by Gasteiger charge is 2.36. The van der Waals surface area contributed by atoms with Crippen molar-refractivity contribution < 1.29 is 4.79 Å². The lowest BCUT2D eigenvalue weighted by Crippen LogP contribution is -2.38. The average molecular weight is 315 g/mol. The molecule has 114 valence electrons. The third-order valence-electron chi connectivity index (χ3n) is 4.69. The molecule has 3 rings (SSSR count). The summed E-state index contributed by atoms with van der Waals surface area (Å²) < 4.78 is 0.431. The molecule has 1 heterocycles. The van der Waals surface area contributed by atoms with Gasteiger partial charge in [0.1, 0.15) is 4.71 Å². The van der Waals surface area contributed by atoms with Gasteiger partial charge in [-0.2, -0.15) is 0 Å². The Kier molecular flexibility index (Phi) is 5.57. The van der Waals surface area contributed by atoms with Crippen LogP contribution in [0, 0.1) is 0 Å². The lowest BCUT2D eigenvalue weighted by molar-refractivity contribution is -0.119. The second kappa shape index (κ2) is 7.41. The minimum Gasteiger partial charge on any atom is -0.353 e. The van der Waals surface area contributed by atoms with Gasteiger partial charge in [0, 0.05) is 17.3 Å². The Morgan fingerprint density at radius 3 is 2.65 bits per heavy atom. The predicted molar refractivity (Wildman–Crippen MR) is 88.0 cm³/mol. The molecule has 2 aliphatic carbocycles. The molecule has 0 bridgehead atoms. The molecule has 0 aromatic heterocycles. The van der Waals surface area contributed by atoms with E-state index in [1.165, 1.54) is 57.8 Å². The van der Waals surface area contributed by atoms with Gasteiger partial charge in [-0.15, -0.1) is 23.5 Å². The van der Waals surface area contributed by atoms with Crippen LogP contribution < -0.4 is 10.6 Å². The van der Waals surface area contributed by atoms with Gasteiger partial charge in [-0.3, -0.25) is 10.1 Å². The lowest BCUT2D eigenvalue weighted by atomic mass is 9.95. The molecule has 0 aromatic carbocycles. The van der Waals surface area contributed by atoms with E-state index in [0.29, 0.717) is 22.5 Å². The number of fused-ring (bicyclic) bond motifs is 1. The molecule has 3 atom stereocenters. The summed E-state index contributed by atoms with van der Waals surface area (Å²) in [6, 6.07) is 1.15. The first kappa shape index (κ1) is 15.0. The van der Waals surface area contributed by atoms with Crippen molar-refractivity contribution in [2.75, 3.05) is 5.75 Å². The maximum Gasteiger partial charge on any atom is 0.230 e. The molecule has 3 aliphatic rings. The van der Waals surface area contributed by atoms with Gasteiger partial charge in [0.2, 0.25) is 5.91 Å². The summed E-state index contributed by atoms with van der Waals surface area (Å²) in [4.78, 5) is 12.0. The molecule has 3 fully saturated rings. The normalized spacial score (nSPS) is 34.7. The summed E-state index contributed by atoms with van der Waals surface area (Å²) in [6.07, 6.45) is 11.7. The van der Waals surface area contributed by atoms with E-state index in [1.807, 2.05) is 0 Å². The predicted octanol–water partition coefficient (Wildman–Crippen LogP) is 3.10. The standard InChI is InChI=1S/C15H26N2OS2/c18-14(16-11-6-2-1-3-7-11)10-19-15-17-12-8-4-5-9-13(12)20-15/h11-13,15,17H,1-10H2,(H,16,18). The van der Waals surface area contributed by atoms with Crippen LogP contribution >= 0.6 is 23.5 Å². The molecule has 2 saturated carbocycles. The molecule has 20 heavy (non-hydrogen) atoms. The van der Waals surface area contributed by atoms with E-state index in [4.69, 9.17) is 0 Å². The fourth-order valence-electron chi connectivity index (χ4n) is 3.58. The molecule has 1 saturated heterocycles. The number of rotatable bonds is 4. The summed E-state index contributed by atoms with van der Waals surface area (Å²) in [7, 11) is 0. The Hall–Kier alpha value is 0.130. The number of hydrogen-bond donors (Lipinski definition) is 2. The van der Waals surface area contributed by atoms with Gasteiger partial charge >= 0.3 is 0 Å². The minimum absolute atomic E-state index is 0.235. The Labute approximate surface area is 130 Å². The number of hydrogen-bond acceptors (Lipinski definition) is 4. The van der Waals surface area contributed by atoms with Crippen molar-refractivity contribution in [2.24, 2.45) is 0 Å². The number of thioether (sulfide) groups is 2. The second-order valence-electron chi connectivity index (χ2n) is 6.28. The highest BCUT2D eigenvalue weighted by atomic mass is 32.2. The van der Waals surface area contributed by atoms with E-state index in [9.17, 15) is 4.79 Å². The quantitative estimate of drug-likeness (QED) is 0.836. The first-order valence-corrected chi connectivity index (χ1v) is 10.1. The summed E-state index contributed by atoms with van der Waals surface area (Å²) in [5.41, 5.74) is 0. The smallest absolute Gasteiger partial charge is 0.230 e. The Morgan fingerprint density at radius 1 is 1.10 bits per heavy atom. The van der Waals surface area contributed by atoms with Crippen molar-refractivity contribution in [2.45, 2.75) is 79.8 Å². The van der Waals surface area contributed by atoms with Gasteiger partial charge in [-0.25, -0.2) is 0 Å². The Morgan fingerprint density at radius 2 is 1.85 bits per heavy atom. The van der Waals surface area contributed by atoms with E-state index in [2.05, 4.69) is 22.4 Å². The van der Waals surface area contributed by atoms with E-state index in [-0.39, 0.29) is 5.91 Å². The molecular formula is C15H26N2OS2. The number of amides is 1. The molecule has 1 aliphatic heterocycles. The lowest BCUT2D eigenvalue weighted by Gasteiger charge is -2.23. The fourth-order valence-corrected chi connectivity index (χ4v) is 6.46. The molecular weight excluding hydrogens is 288 g/mol. The van der Waals surface area contributed by atoms with Gasteiger partial charge in [-0.05, 0) is 25.7 Å². The van der Waals surface area contributed by atoms with E-state index >= 15 is 0 Å². The largest absolute Gasteiger partial charge is 0.353 e. The van der Waals surface area contributed by atoms with Crippen molar-refractivity contribution >= 4 is 29.4 Å². The third-order valence-corrected chi connectivity index (χ3v) is 7.59. The minimum atomic E-state index is 0.235. The topological polar surface area (TPSA) is 41.1 Å². The van der Waals surface area contributed by atoms with Crippen molar-refractivity contribution in [3.8, 4) is 0 Å². The van der Waals surface area contributed by atoms with Gasteiger partial charge in [0.15, 0.2) is 0 Å². The van der Waals surface area contributed by atoms with Crippen molar-refractivity contribution in [3.05, 3.63) is 0 Å². The number of nitrogens with one attached hydrogen (secondary N) is 2. The van der Waals surface area contributed by atoms with E-state index in [1.54, 1.807) is 11.8 Å². The third kappa shape index (κ3) is 4.08. The number of carbonyl (C=O) groups excluding carboxylic acids is 1. The Bertz CT molecular complexity index is 320. The van der Waals surface area contributed by atoms with Gasteiger partial charge < -0.3 is 5.32 Å². The van der Waals surface area contributed by atoms with Crippen LogP contribution in [-0.4, -0.2) is 33.7 Å². The van der Waals surface area contributed by atoms with Crippen molar-refractivity contribution in [3.63, 3.8) is 0 Å². The summed E-state index contributed by atoms with van der Waals surface area (Å²) in [5, 5.41) is 7.70. The molecule has 0 aromatic rings. The molecule has 0 spiro atoms. The summed E-state index contributed by atoms with van der Waals surface area (Å²) in [5.74, 6) is 0.847. The Balaban J connectivity index is 1.35. The van der Waals surface area contributed by atoms with Gasteiger partial charge in [-0.1, -0.05) is 32.1 Å². The maximum atomic E-state index is 12.0. The van der Waals surface area contributed by atoms with Crippen LogP contribution in [-0.2, 0) is 4.79 Å². The van der Waals surface area contributed by atoms with Crippen LogP contribution in [0.2, 0.25) is 0 Å². The highest BCUT2D eigenvalue weighted by Crippen LogP contribution is 2.40. The summed E-state index contributed by atoms with van der Waals surface area (Å²) >= 11 is 3.84. The monoisotopic (exact) mass is 314 g/mol. The zero-order valence-electron chi connectivity index (χ0n) is 12.1. The van der Waals surface area contributed by atoms with Crippen LogP contribution in [0.3, 0.4) is 0 Å². The molecule has 1 amide bonds. The zero-order chi connectivity index (χ0) is 13.8. The van der Waals surface area contributed by atoms with Gasteiger partial charge in [0.25, 0.3) is 0 Å². The number of carbonyl (C=O) groups is 1. The maximum absolute atomic E-state index is 12.0. The molecule has 3 nitrogen and oxygen atoms in total. The molecule has 5 heteroatoms. The van der Waals surface area contributed by atoms with Crippen molar-refractivity contribution in [1.82, 2.24) is 10.6 Å². The first-order valence-electron chi connectivity index (χ1n) is 8.14.